The number of pyridine rings is 2. The molecule has 0 atom stereocenters. The SMILES string of the molecule is COc1ncc(F)cc1S(=O)(=O)Nc1ccc(F)c(COc2cnc3n[nH]c(CCF)c3c2)c1F. The molecule has 0 spiro atoms. The van der Waals surface area contributed by atoms with E-state index in [1.165, 1.54) is 12.3 Å². The van der Waals surface area contributed by atoms with E-state index in [2.05, 4.69) is 20.2 Å². The van der Waals surface area contributed by atoms with Crippen LogP contribution in [0.4, 0.5) is 23.2 Å². The zero-order chi connectivity index (χ0) is 25.2. The molecule has 2 N–H and O–H groups in total. The summed E-state index contributed by atoms with van der Waals surface area (Å²) in [5.74, 6) is -3.49. The second kappa shape index (κ2) is 9.74. The first-order valence-corrected chi connectivity index (χ1v) is 11.4. The Morgan fingerprint density at radius 3 is 2.66 bits per heavy atom. The highest BCUT2D eigenvalue weighted by Gasteiger charge is 2.25. The molecule has 3 heterocycles. The Hall–Kier alpha value is -3.94. The molecule has 0 saturated heterocycles. The largest absolute Gasteiger partial charge is 0.487 e. The summed E-state index contributed by atoms with van der Waals surface area (Å²) in [5.41, 5.74) is -0.385. The van der Waals surface area contributed by atoms with Crippen molar-refractivity contribution < 1.29 is 35.5 Å². The summed E-state index contributed by atoms with van der Waals surface area (Å²) in [7, 11) is -3.43. The smallest absolute Gasteiger partial charge is 0.267 e. The number of hydrogen-bond donors (Lipinski definition) is 2. The number of anilines is 1. The molecule has 9 nitrogen and oxygen atoms in total. The van der Waals surface area contributed by atoms with E-state index in [0.717, 1.165) is 25.4 Å². The van der Waals surface area contributed by atoms with E-state index in [4.69, 9.17) is 9.47 Å². The van der Waals surface area contributed by atoms with Crippen molar-refractivity contribution in [2.24, 2.45) is 0 Å². The van der Waals surface area contributed by atoms with Gasteiger partial charge < -0.3 is 9.47 Å². The van der Waals surface area contributed by atoms with Gasteiger partial charge in [0.2, 0.25) is 5.88 Å². The van der Waals surface area contributed by atoms with Crippen LogP contribution in [0.1, 0.15) is 11.3 Å². The summed E-state index contributed by atoms with van der Waals surface area (Å²) in [6.07, 6.45) is 2.09. The van der Waals surface area contributed by atoms with Crippen LogP contribution < -0.4 is 14.2 Å². The molecule has 0 aliphatic carbocycles. The average molecular weight is 511 g/mol. The molecule has 4 rings (SSSR count). The van der Waals surface area contributed by atoms with E-state index in [1.54, 1.807) is 0 Å². The molecule has 0 radical (unpaired) electrons. The van der Waals surface area contributed by atoms with Crippen LogP contribution in [0.3, 0.4) is 0 Å². The Morgan fingerprint density at radius 1 is 1.11 bits per heavy atom. The van der Waals surface area contributed by atoms with Crippen LogP contribution in [0.25, 0.3) is 11.0 Å². The molecule has 0 amide bonds. The quantitative estimate of drug-likeness (QED) is 0.329. The van der Waals surface area contributed by atoms with Gasteiger partial charge in [-0.05, 0) is 18.2 Å². The Morgan fingerprint density at radius 2 is 1.91 bits per heavy atom. The van der Waals surface area contributed by atoms with Gasteiger partial charge >= 0.3 is 0 Å². The lowest BCUT2D eigenvalue weighted by Gasteiger charge is -2.14. The van der Waals surface area contributed by atoms with Gasteiger partial charge in [0, 0.05) is 23.6 Å². The summed E-state index contributed by atoms with van der Waals surface area (Å²) in [5, 5.41) is 7.08. The predicted molar refractivity (Wildman–Crippen MR) is 116 cm³/mol. The van der Waals surface area contributed by atoms with Gasteiger partial charge in [-0.2, -0.15) is 5.10 Å². The molecule has 0 saturated carbocycles. The molecule has 0 bridgehead atoms. The molecule has 4 aromatic rings. The number of halogens is 4. The first-order valence-electron chi connectivity index (χ1n) is 9.94. The van der Waals surface area contributed by atoms with Crippen LogP contribution >= 0.6 is 0 Å². The molecular formula is C21H17F4N5O4S. The number of aromatic nitrogens is 4. The van der Waals surface area contributed by atoms with Crippen molar-refractivity contribution >= 4 is 26.7 Å². The van der Waals surface area contributed by atoms with Crippen LogP contribution in [0.5, 0.6) is 11.6 Å². The zero-order valence-corrected chi connectivity index (χ0v) is 18.8. The Labute approximate surface area is 196 Å². The fourth-order valence-electron chi connectivity index (χ4n) is 3.21. The van der Waals surface area contributed by atoms with Crippen LogP contribution in [-0.2, 0) is 23.1 Å². The van der Waals surface area contributed by atoms with Crippen LogP contribution in [0.2, 0.25) is 0 Å². The summed E-state index contributed by atoms with van der Waals surface area (Å²) in [4.78, 5) is 6.90. The lowest BCUT2D eigenvalue weighted by molar-refractivity contribution is 0.292. The number of hydrogen-bond acceptors (Lipinski definition) is 7. The van der Waals surface area contributed by atoms with E-state index in [9.17, 15) is 21.6 Å². The first-order chi connectivity index (χ1) is 16.7. The Balaban J connectivity index is 1.59. The maximum atomic E-state index is 15.1. The van der Waals surface area contributed by atoms with Gasteiger partial charge in [-0.15, -0.1) is 0 Å². The lowest BCUT2D eigenvalue weighted by Crippen LogP contribution is -2.17. The number of H-pyrrole nitrogens is 1. The third kappa shape index (κ3) is 4.96. The van der Waals surface area contributed by atoms with E-state index in [0.29, 0.717) is 22.8 Å². The number of aryl methyl sites for hydroxylation is 1. The first kappa shape index (κ1) is 24.2. The molecule has 0 aliphatic heterocycles. The van der Waals surface area contributed by atoms with Crippen molar-refractivity contribution in [3.63, 3.8) is 0 Å². The fraction of sp³-hybridized carbons (Fsp3) is 0.190. The number of ether oxygens (including phenoxy) is 2. The summed E-state index contributed by atoms with van der Waals surface area (Å²) in [6.45, 7) is -1.25. The third-order valence-electron chi connectivity index (χ3n) is 4.89. The predicted octanol–water partition coefficient (Wildman–Crippen LogP) is 3.67. The van der Waals surface area contributed by atoms with Gasteiger partial charge in [0.1, 0.15) is 24.0 Å². The maximum absolute atomic E-state index is 15.1. The fourth-order valence-corrected chi connectivity index (χ4v) is 4.40. The topological polar surface area (TPSA) is 119 Å². The molecule has 0 aliphatic rings. The second-order valence-electron chi connectivity index (χ2n) is 7.13. The van der Waals surface area contributed by atoms with Gasteiger partial charge in [0.15, 0.2) is 16.4 Å². The highest BCUT2D eigenvalue weighted by atomic mass is 32.2. The minimum Gasteiger partial charge on any atom is -0.487 e. The highest BCUT2D eigenvalue weighted by molar-refractivity contribution is 7.92. The average Bonchev–Trinajstić information content (AvgIpc) is 3.23. The number of fused-ring (bicyclic) bond motifs is 1. The van der Waals surface area contributed by atoms with Gasteiger partial charge in [-0.1, -0.05) is 0 Å². The number of nitrogens with zero attached hydrogens (tertiary/aromatic N) is 3. The molecule has 0 fully saturated rings. The van der Waals surface area contributed by atoms with Crippen molar-refractivity contribution in [3.05, 3.63) is 65.4 Å². The van der Waals surface area contributed by atoms with Crippen molar-refractivity contribution in [2.45, 2.75) is 17.9 Å². The molecule has 0 unspecified atom stereocenters. The van der Waals surface area contributed by atoms with Gasteiger partial charge in [0.05, 0.1) is 37.4 Å². The number of nitrogens with one attached hydrogen (secondary N) is 2. The monoisotopic (exact) mass is 511 g/mol. The van der Waals surface area contributed by atoms with Crippen molar-refractivity contribution in [1.82, 2.24) is 20.2 Å². The second-order valence-corrected chi connectivity index (χ2v) is 8.78. The highest BCUT2D eigenvalue weighted by Crippen LogP contribution is 2.29. The van der Waals surface area contributed by atoms with Gasteiger partial charge in [0.25, 0.3) is 10.0 Å². The Bertz CT molecular complexity index is 1500. The Kier molecular flexibility index (Phi) is 6.73. The van der Waals surface area contributed by atoms with E-state index in [1.807, 2.05) is 4.72 Å². The third-order valence-corrected chi connectivity index (χ3v) is 6.25. The van der Waals surface area contributed by atoms with Crippen molar-refractivity contribution in [2.75, 3.05) is 18.5 Å². The van der Waals surface area contributed by atoms with Crippen molar-refractivity contribution in [3.8, 4) is 11.6 Å². The summed E-state index contributed by atoms with van der Waals surface area (Å²) >= 11 is 0. The zero-order valence-electron chi connectivity index (χ0n) is 18.0. The minimum absolute atomic E-state index is 0.0682. The minimum atomic E-state index is -4.56. The summed E-state index contributed by atoms with van der Waals surface area (Å²) in [6, 6.07) is 3.85. The number of methoxy groups -OCH3 is 1. The lowest BCUT2D eigenvalue weighted by atomic mass is 10.2. The summed E-state index contributed by atoms with van der Waals surface area (Å²) < 4.78 is 93.4. The molecule has 14 heteroatoms. The number of rotatable bonds is 9. The van der Waals surface area contributed by atoms with Crippen LogP contribution in [0, 0.1) is 17.5 Å². The molecule has 3 aromatic heterocycles. The molecular weight excluding hydrogens is 494 g/mol. The van der Waals surface area contributed by atoms with Crippen LogP contribution in [0.15, 0.2) is 41.6 Å². The number of aromatic amines is 1. The van der Waals surface area contributed by atoms with E-state index in [-0.39, 0.29) is 12.2 Å². The number of sulfonamides is 1. The molecule has 1 aromatic carbocycles. The standard InChI is InChI=1S/C21H17F4N5O4S/c1-33-21-18(6-11(23)8-27-21)35(31,32)30-17-3-2-15(24)14(19(17)25)10-34-12-7-13-16(4-5-22)28-29-20(13)26-9-12/h2-3,6-9,30H,4-5,10H2,1H3,(H,26,28,29). The number of alkyl halides is 1. The van der Waals surface area contributed by atoms with Gasteiger partial charge in [-0.3, -0.25) is 14.2 Å². The molecule has 184 valence electrons. The van der Waals surface area contributed by atoms with E-state index >= 15 is 4.39 Å². The van der Waals surface area contributed by atoms with Crippen molar-refractivity contribution in [1.29, 1.82) is 0 Å². The van der Waals surface area contributed by atoms with Crippen LogP contribution in [-0.4, -0.2) is 42.4 Å². The van der Waals surface area contributed by atoms with Gasteiger partial charge in [-0.25, -0.2) is 31.6 Å². The number of benzene rings is 1. The molecule has 35 heavy (non-hydrogen) atoms. The van der Waals surface area contributed by atoms with E-state index < -0.39 is 62.8 Å². The maximum Gasteiger partial charge on any atom is 0.267 e. The normalized spacial score (nSPS) is 11.6.